The van der Waals surface area contributed by atoms with E-state index in [-0.39, 0.29) is 43.3 Å². The van der Waals surface area contributed by atoms with Crippen molar-refractivity contribution < 1.29 is 23.9 Å². The predicted molar refractivity (Wildman–Crippen MR) is 265 cm³/mol. The van der Waals surface area contributed by atoms with Gasteiger partial charge in [-0.3, -0.25) is 20.1 Å². The van der Waals surface area contributed by atoms with E-state index in [0.717, 1.165) is 92.5 Å². The van der Waals surface area contributed by atoms with Crippen molar-refractivity contribution in [3.05, 3.63) is 96.5 Å². The van der Waals surface area contributed by atoms with Crippen LogP contribution < -0.4 is 21.7 Å². The summed E-state index contributed by atoms with van der Waals surface area (Å²) < 4.78 is 11.2. The molecule has 8 bridgehead atoms. The highest BCUT2D eigenvalue weighted by atomic mass is 16.5. The van der Waals surface area contributed by atoms with Gasteiger partial charge in [0.2, 0.25) is 0 Å². The number of hydrogen-bond acceptors (Lipinski definition) is 7. The van der Waals surface area contributed by atoms with Gasteiger partial charge in [-0.1, -0.05) is 105 Å². The number of H-pyrrole nitrogens is 3. The minimum atomic E-state index is -1.22. The average Bonchev–Trinajstić information content (AvgIpc) is 4.00. The molecule has 65 heavy (non-hydrogen) atoms. The van der Waals surface area contributed by atoms with Crippen molar-refractivity contribution in [1.29, 1.82) is 0 Å². The highest BCUT2D eigenvalue weighted by Crippen LogP contribution is 2.48. The molecule has 0 spiro atoms. The first-order valence-corrected chi connectivity index (χ1v) is 24.5. The Balaban J connectivity index is 1.23. The number of ether oxygens (including phenoxy) is 2. The van der Waals surface area contributed by atoms with Crippen LogP contribution in [-0.4, -0.2) is 46.0 Å². The molecule has 10 nitrogen and oxygen atoms in total. The summed E-state index contributed by atoms with van der Waals surface area (Å²) in [5.74, 6) is -0.569. The summed E-state index contributed by atoms with van der Waals surface area (Å²) in [5, 5.41) is 5.62. The quantitative estimate of drug-likeness (QED) is 0.0309. The zero-order chi connectivity index (χ0) is 47.1. The van der Waals surface area contributed by atoms with Crippen LogP contribution in [-0.2, 0) is 25.5 Å². The van der Waals surface area contributed by atoms with Crippen molar-refractivity contribution in [2.75, 3.05) is 13.3 Å². The van der Waals surface area contributed by atoms with E-state index in [0.29, 0.717) is 29.2 Å². The van der Waals surface area contributed by atoms with Crippen LogP contribution in [0.3, 0.4) is 0 Å². The molecule has 0 amide bonds. The molecule has 352 valence electrons. The lowest BCUT2D eigenvalue weighted by atomic mass is 9.85. The normalized spacial score (nSPS) is 21.8. The second-order valence-electron chi connectivity index (χ2n) is 19.8. The molecule has 3 aliphatic rings. The number of aromatic amines is 3. The second kappa shape index (κ2) is 21.9. The van der Waals surface area contributed by atoms with E-state index in [1.807, 2.05) is 19.1 Å². The van der Waals surface area contributed by atoms with Crippen molar-refractivity contribution in [3.8, 4) is 0 Å². The van der Waals surface area contributed by atoms with Crippen molar-refractivity contribution in [1.82, 2.24) is 20.3 Å². The van der Waals surface area contributed by atoms with E-state index in [9.17, 15) is 14.4 Å². The van der Waals surface area contributed by atoms with E-state index < -0.39 is 11.9 Å². The molecular formula is C55H77N5O5. The Morgan fingerprint density at radius 3 is 2.15 bits per heavy atom. The number of nitrogens with two attached hydrogens (primary N) is 1. The molecule has 3 aromatic heterocycles. The van der Waals surface area contributed by atoms with Crippen LogP contribution >= 0.6 is 0 Å². The van der Waals surface area contributed by atoms with Crippen molar-refractivity contribution in [2.45, 2.75) is 146 Å². The third-order valence-electron chi connectivity index (χ3n) is 14.6. The van der Waals surface area contributed by atoms with Crippen LogP contribution in [0.2, 0.25) is 0 Å². The minimum Gasteiger partial charge on any atom is -0.461 e. The number of rotatable bonds is 21. The zero-order valence-electron chi connectivity index (χ0n) is 41.1. The molecule has 0 aromatic carbocycles. The number of Topliss-reactive ketones (excluding diaryl/α,β-unsaturated/α-hetero) is 1. The third kappa shape index (κ3) is 11.1. The maximum atomic E-state index is 14.5. The number of carbonyl (C=O) groups is 3. The lowest BCUT2D eigenvalue weighted by Gasteiger charge is -2.20. The molecule has 3 aromatic rings. The summed E-state index contributed by atoms with van der Waals surface area (Å²) in [6.07, 6.45) is 22.9. The Morgan fingerprint density at radius 2 is 1.49 bits per heavy atom. The lowest BCUT2D eigenvalue weighted by molar-refractivity contribution is -0.145. The van der Waals surface area contributed by atoms with Gasteiger partial charge in [-0.2, -0.15) is 0 Å². The molecule has 0 unspecified atom stereocenters. The number of ketones is 1. The van der Waals surface area contributed by atoms with Gasteiger partial charge in [0, 0.05) is 74.1 Å². The fourth-order valence-corrected chi connectivity index (χ4v) is 10.5. The SMILES string of the molecule is C=Cc1c2[nH]c(c1C)/C=C1\N/C(=C3\c4[nH]c(c(C)c4C(=O)[C@@H]3C(=O)OCN)/C=c3\[nH]/c(c(C)c3CC)=C\2)[C@@H](CCC(=O)OC/C=C(/C)CCC[C@H](C)CCC[C@H](C)CCCC(C)C)[C@@H]1C. The standard InChI is InChI=1S/C55H77N5O5/c1-12-39-35(8)42-27-44-37(10)41(23-24-48(61)64-26-25-34(7)22-16-21-33(6)20-15-19-32(5)18-14-17-31(3)4)52(59-44)50-51(55(63)65-30-56)54(62)49-38(11)45(60-53(49)50)29-47-40(13-2)36(9)43(58-47)28-46(39)57-42/h12,25,27-29,31-33,37,41,51,57-60H,1,13-24,26,30,56H2,2-11H3/b34-25-,43-28-,44-27-,47-29-,52-50-/t32-,33-,37+,41+,51-/m1/s1. The number of fused-ring (bicyclic) bond motifs is 7. The predicted octanol–water partition coefficient (Wildman–Crippen LogP) is 10.4. The van der Waals surface area contributed by atoms with E-state index in [1.54, 1.807) is 0 Å². The Bertz CT molecular complexity index is 2470. The summed E-state index contributed by atoms with van der Waals surface area (Å²) in [6.45, 7) is 26.0. The average molecular weight is 888 g/mol. The van der Waals surface area contributed by atoms with Gasteiger partial charge in [0.1, 0.15) is 19.3 Å². The molecule has 6 N–H and O–H groups in total. The third-order valence-corrected chi connectivity index (χ3v) is 14.6. The van der Waals surface area contributed by atoms with Gasteiger partial charge >= 0.3 is 11.9 Å². The van der Waals surface area contributed by atoms with E-state index in [2.05, 4.69) is 107 Å². The molecule has 1 aliphatic carbocycles. The van der Waals surface area contributed by atoms with Gasteiger partial charge in [-0.05, 0) is 118 Å². The van der Waals surface area contributed by atoms with Crippen LogP contribution in [0, 0.1) is 56.3 Å². The molecule has 1 fully saturated rings. The maximum absolute atomic E-state index is 14.5. The van der Waals surface area contributed by atoms with Crippen molar-refractivity contribution in [3.63, 3.8) is 0 Å². The summed E-state index contributed by atoms with van der Waals surface area (Å²) >= 11 is 0. The van der Waals surface area contributed by atoms with Gasteiger partial charge < -0.3 is 29.7 Å². The van der Waals surface area contributed by atoms with Gasteiger partial charge in [0.05, 0.1) is 5.69 Å². The molecule has 5 heterocycles. The van der Waals surface area contributed by atoms with Crippen LogP contribution in [0.15, 0.2) is 29.6 Å². The Labute approximate surface area is 387 Å². The monoisotopic (exact) mass is 888 g/mol. The second-order valence-corrected chi connectivity index (χ2v) is 19.8. The fraction of sp³-hybridized carbons (Fsp3) is 0.545. The molecule has 6 rings (SSSR count). The molecule has 0 saturated carbocycles. The number of allylic oxidation sites excluding steroid dienone is 3. The lowest BCUT2D eigenvalue weighted by Crippen LogP contribution is -2.27. The highest BCUT2D eigenvalue weighted by Gasteiger charge is 2.48. The summed E-state index contributed by atoms with van der Waals surface area (Å²) in [7, 11) is 0. The Hall–Kier alpha value is -5.09. The number of aromatic nitrogens is 3. The fourth-order valence-electron chi connectivity index (χ4n) is 10.5. The first-order valence-electron chi connectivity index (χ1n) is 24.5. The van der Waals surface area contributed by atoms with Crippen LogP contribution in [0.5, 0.6) is 0 Å². The van der Waals surface area contributed by atoms with Crippen LogP contribution in [0.1, 0.15) is 180 Å². The van der Waals surface area contributed by atoms with E-state index in [4.69, 9.17) is 15.2 Å². The molecule has 5 atom stereocenters. The summed E-state index contributed by atoms with van der Waals surface area (Å²) in [4.78, 5) is 52.6. The van der Waals surface area contributed by atoms with Crippen molar-refractivity contribution in [2.24, 2.45) is 41.2 Å². The Morgan fingerprint density at radius 1 is 0.831 bits per heavy atom. The molecular weight excluding hydrogens is 811 g/mol. The Kier molecular flexibility index (Phi) is 16.6. The molecule has 1 saturated heterocycles. The largest absolute Gasteiger partial charge is 0.461 e. The zero-order valence-corrected chi connectivity index (χ0v) is 41.1. The molecule has 0 radical (unpaired) electrons. The van der Waals surface area contributed by atoms with Gasteiger partial charge in [0.15, 0.2) is 5.78 Å². The number of hydrogen-bond donors (Lipinski definition) is 5. The smallest absolute Gasteiger partial charge is 0.322 e. The number of nitrogens with one attached hydrogen (secondary N) is 4. The number of carbonyl (C=O) groups excluding carboxylic acids is 3. The van der Waals surface area contributed by atoms with Gasteiger partial charge in [0.25, 0.3) is 0 Å². The van der Waals surface area contributed by atoms with Gasteiger partial charge in [-0.15, -0.1) is 0 Å². The topological polar surface area (TPSA) is 155 Å². The first kappa shape index (κ1) is 49.3. The summed E-state index contributed by atoms with van der Waals surface area (Å²) in [6, 6.07) is 0. The molecule has 2 aliphatic heterocycles. The van der Waals surface area contributed by atoms with Gasteiger partial charge in [-0.25, -0.2) is 0 Å². The van der Waals surface area contributed by atoms with Crippen molar-refractivity contribution >= 4 is 47.6 Å². The first-order chi connectivity index (χ1) is 31.1. The maximum Gasteiger partial charge on any atom is 0.322 e. The summed E-state index contributed by atoms with van der Waals surface area (Å²) in [5.41, 5.74) is 17.9. The molecule has 10 heteroatoms. The minimum absolute atomic E-state index is 0.113. The van der Waals surface area contributed by atoms with E-state index >= 15 is 0 Å². The van der Waals surface area contributed by atoms with Crippen LogP contribution in [0.4, 0.5) is 0 Å². The number of esters is 2. The van der Waals surface area contributed by atoms with Crippen LogP contribution in [0.25, 0.3) is 29.9 Å². The van der Waals surface area contributed by atoms with E-state index in [1.165, 1.54) is 56.1 Å². The highest BCUT2D eigenvalue weighted by molar-refractivity contribution is 6.24.